The van der Waals surface area contributed by atoms with Gasteiger partial charge in [-0.2, -0.15) is 15.0 Å². The Hall–Kier alpha value is -5.89. The van der Waals surface area contributed by atoms with Crippen LogP contribution < -0.4 is 21.6 Å². The largest absolute Gasteiger partial charge is 0.462 e. The van der Waals surface area contributed by atoms with Crippen molar-refractivity contribution in [2.75, 3.05) is 6.61 Å². The van der Waals surface area contributed by atoms with Gasteiger partial charge < -0.3 is 15.2 Å². The summed E-state index contributed by atoms with van der Waals surface area (Å²) in [7, 11) is 0. The third-order valence-electron chi connectivity index (χ3n) is 7.33. The van der Waals surface area contributed by atoms with Gasteiger partial charge in [0.25, 0.3) is 11.1 Å². The molecule has 5 aromatic rings. The number of hydrogen-bond acceptors (Lipinski definition) is 8. The van der Waals surface area contributed by atoms with Crippen LogP contribution in [-0.2, 0) is 9.53 Å². The monoisotopic (exact) mass is 574 g/mol. The first-order valence-electron chi connectivity index (χ1n) is 13.5. The number of nitriles is 1. The van der Waals surface area contributed by atoms with Crippen molar-refractivity contribution in [3.05, 3.63) is 121 Å². The van der Waals surface area contributed by atoms with Crippen LogP contribution in [0.25, 0.3) is 22.3 Å². The Morgan fingerprint density at radius 2 is 1.63 bits per heavy atom. The molecule has 0 bridgehead atoms. The number of aryl methyl sites for hydroxylation is 2. The highest BCUT2D eigenvalue weighted by molar-refractivity contribution is 5.97. The van der Waals surface area contributed by atoms with Crippen LogP contribution in [0.5, 0.6) is 11.6 Å². The summed E-state index contributed by atoms with van der Waals surface area (Å²) in [6, 6.07) is 21.3. The van der Waals surface area contributed by atoms with Crippen LogP contribution in [0.1, 0.15) is 35.3 Å². The number of rotatable bonds is 6. The van der Waals surface area contributed by atoms with Crippen LogP contribution in [0.3, 0.4) is 0 Å². The zero-order valence-electron chi connectivity index (χ0n) is 23.6. The Morgan fingerprint density at radius 1 is 0.977 bits per heavy atom. The lowest BCUT2D eigenvalue weighted by molar-refractivity contribution is -0.138. The number of carbonyl (C=O) groups is 1. The van der Waals surface area contributed by atoms with Crippen molar-refractivity contribution in [3.8, 4) is 23.4 Å². The first-order valence-corrected chi connectivity index (χ1v) is 13.5. The molecule has 6 rings (SSSR count). The summed E-state index contributed by atoms with van der Waals surface area (Å²) >= 11 is 0. The molecule has 1 aliphatic rings. The van der Waals surface area contributed by atoms with Gasteiger partial charge >= 0.3 is 5.97 Å². The van der Waals surface area contributed by atoms with Crippen molar-refractivity contribution in [2.24, 2.45) is 5.73 Å². The predicted octanol–water partition coefficient (Wildman–Crippen LogP) is 3.92. The van der Waals surface area contributed by atoms with E-state index in [-0.39, 0.29) is 34.7 Å². The maximum atomic E-state index is 14.1. The molecule has 2 aromatic heterocycles. The number of hydrogen-bond donors (Lipinski definition) is 1. The highest BCUT2D eigenvalue weighted by atomic mass is 16.5. The number of esters is 1. The maximum absolute atomic E-state index is 14.1. The molecule has 1 aliphatic heterocycles. The molecule has 3 heterocycles. The molecule has 11 heteroatoms. The van der Waals surface area contributed by atoms with Crippen LogP contribution in [0.15, 0.2) is 88.0 Å². The fourth-order valence-electron chi connectivity index (χ4n) is 5.31. The van der Waals surface area contributed by atoms with E-state index in [1.54, 1.807) is 61.0 Å². The molecule has 0 saturated heterocycles. The van der Waals surface area contributed by atoms with E-state index < -0.39 is 23.1 Å². The maximum Gasteiger partial charge on any atom is 0.340 e. The topological polar surface area (TPSA) is 147 Å². The third kappa shape index (κ3) is 4.36. The molecular weight excluding hydrogens is 548 g/mol. The lowest BCUT2D eigenvalue weighted by Crippen LogP contribution is -2.38. The van der Waals surface area contributed by atoms with Crippen LogP contribution >= 0.6 is 0 Å². The molecule has 0 spiro atoms. The van der Waals surface area contributed by atoms with Gasteiger partial charge in [0.05, 0.1) is 46.0 Å². The Bertz CT molecular complexity index is 2110. The van der Waals surface area contributed by atoms with E-state index in [9.17, 15) is 19.6 Å². The van der Waals surface area contributed by atoms with Crippen LogP contribution in [0.2, 0.25) is 0 Å². The molecule has 214 valence electrons. The number of benzene rings is 3. The normalized spacial score (nSPS) is 14.0. The van der Waals surface area contributed by atoms with Crippen LogP contribution in [0.4, 0.5) is 0 Å². The summed E-state index contributed by atoms with van der Waals surface area (Å²) < 4.78 is 15.6. The average molecular weight is 575 g/mol. The number of fused-ring (bicyclic) bond motifs is 2. The number of carbonyl (C=O) groups excluding carboxylic acids is 1. The summed E-state index contributed by atoms with van der Waals surface area (Å²) in [4.78, 5) is 41.3. The minimum absolute atomic E-state index is 0.0423. The molecule has 1 unspecified atom stereocenters. The van der Waals surface area contributed by atoms with E-state index in [0.717, 1.165) is 10.2 Å². The molecule has 1 atom stereocenters. The van der Waals surface area contributed by atoms with Crippen molar-refractivity contribution in [3.63, 3.8) is 0 Å². The predicted molar refractivity (Wildman–Crippen MR) is 159 cm³/mol. The molecule has 0 fully saturated rings. The zero-order valence-corrected chi connectivity index (χ0v) is 23.6. The van der Waals surface area contributed by atoms with E-state index in [0.29, 0.717) is 28.3 Å². The minimum atomic E-state index is -1.21. The molecule has 0 amide bonds. The van der Waals surface area contributed by atoms with Crippen molar-refractivity contribution < 1.29 is 14.3 Å². The second-order valence-electron chi connectivity index (χ2n) is 10.0. The number of ether oxygens (including phenoxy) is 2. The molecule has 2 N–H and O–H groups in total. The molecule has 0 saturated carbocycles. The van der Waals surface area contributed by atoms with E-state index >= 15 is 0 Å². The van der Waals surface area contributed by atoms with Gasteiger partial charge in [-0.3, -0.25) is 9.59 Å². The second-order valence-corrected chi connectivity index (χ2v) is 10.0. The number of nitrogens with two attached hydrogens (primary N) is 1. The van der Waals surface area contributed by atoms with E-state index in [4.69, 9.17) is 20.3 Å². The highest BCUT2D eigenvalue weighted by Gasteiger charge is 2.43. The van der Waals surface area contributed by atoms with Gasteiger partial charge in [0.1, 0.15) is 23.2 Å². The Kier molecular flexibility index (Phi) is 6.66. The first kappa shape index (κ1) is 27.3. The number of nitrogens with zero attached hydrogens (tertiary/aromatic N) is 5. The van der Waals surface area contributed by atoms with Crippen molar-refractivity contribution in [2.45, 2.75) is 26.8 Å². The van der Waals surface area contributed by atoms with Crippen LogP contribution in [-0.4, -0.2) is 31.7 Å². The van der Waals surface area contributed by atoms with Gasteiger partial charge in [-0.15, -0.1) is 0 Å². The second kappa shape index (κ2) is 10.5. The smallest absolute Gasteiger partial charge is 0.340 e. The molecular formula is C32H26N6O5. The quantitative estimate of drug-likeness (QED) is 0.300. The van der Waals surface area contributed by atoms with Gasteiger partial charge in [0.15, 0.2) is 0 Å². The fraction of sp³-hybridized carbons (Fsp3) is 0.156. The van der Waals surface area contributed by atoms with Gasteiger partial charge in [0, 0.05) is 0 Å². The van der Waals surface area contributed by atoms with Crippen molar-refractivity contribution in [1.29, 1.82) is 5.26 Å². The van der Waals surface area contributed by atoms with Gasteiger partial charge in [0.2, 0.25) is 5.88 Å². The summed E-state index contributed by atoms with van der Waals surface area (Å²) in [5.74, 6) is -0.435. The lowest BCUT2D eigenvalue weighted by atomic mass is 9.99. The summed E-state index contributed by atoms with van der Waals surface area (Å²) in [5.41, 5.74) is 8.21. The lowest BCUT2D eigenvalue weighted by Gasteiger charge is -2.19. The summed E-state index contributed by atoms with van der Waals surface area (Å²) in [5, 5.41) is 14.4. The highest BCUT2D eigenvalue weighted by Crippen LogP contribution is 2.42. The SMILES string of the molecule is CCOC(=O)C1=C(N)n2c(=O)c3ccccc3c(=O)n2C1c1c(C)nn(-c2ccc(C)cc2)c1Oc1ccc(C#N)cc1. The van der Waals surface area contributed by atoms with Gasteiger partial charge in [-0.05, 0) is 69.3 Å². The Balaban J connectivity index is 1.68. The van der Waals surface area contributed by atoms with Crippen LogP contribution in [0, 0.1) is 25.2 Å². The van der Waals surface area contributed by atoms with Crippen molar-refractivity contribution in [1.82, 2.24) is 19.1 Å². The van der Waals surface area contributed by atoms with Gasteiger partial charge in [-0.1, -0.05) is 29.8 Å². The Labute approximate surface area is 245 Å². The van der Waals surface area contributed by atoms with Gasteiger partial charge in [-0.25, -0.2) is 14.2 Å². The van der Waals surface area contributed by atoms with E-state index in [2.05, 4.69) is 6.07 Å². The minimum Gasteiger partial charge on any atom is -0.462 e. The first-order chi connectivity index (χ1) is 20.7. The van der Waals surface area contributed by atoms with Crippen molar-refractivity contribution >= 4 is 22.6 Å². The molecule has 43 heavy (non-hydrogen) atoms. The molecule has 3 aromatic carbocycles. The fourth-order valence-corrected chi connectivity index (χ4v) is 5.31. The standard InChI is InChI=1S/C32H26N6O5/c1-4-42-32(41)26-27(37-29(39)23-7-5-6-8-24(23)30(40)38(37)28(26)34)25-19(3)35-36(21-13-9-18(2)10-14-21)31(25)43-22-15-11-20(17-33)12-16-22/h5-16,27H,4,34H2,1-3H3. The average Bonchev–Trinajstić information content (AvgIpc) is 3.49. The molecule has 0 aliphatic carbocycles. The molecule has 11 nitrogen and oxygen atoms in total. The number of aromatic nitrogens is 4. The summed E-state index contributed by atoms with van der Waals surface area (Å²) in [6.07, 6.45) is 0. The Morgan fingerprint density at radius 3 is 2.26 bits per heavy atom. The molecule has 0 radical (unpaired) electrons. The third-order valence-corrected chi connectivity index (χ3v) is 7.33. The zero-order chi connectivity index (χ0) is 30.4. The van der Waals surface area contributed by atoms with E-state index in [1.807, 2.05) is 31.2 Å². The van der Waals surface area contributed by atoms with E-state index in [1.165, 1.54) is 10.7 Å². The summed E-state index contributed by atoms with van der Waals surface area (Å²) in [6.45, 7) is 5.37.